The lowest BCUT2D eigenvalue weighted by Crippen LogP contribution is -2.29. The number of hydrogen-bond donors (Lipinski definition) is 2. The smallest absolute Gasteiger partial charge is 0.382 e. The van der Waals surface area contributed by atoms with Gasteiger partial charge in [0.25, 0.3) is 0 Å². The molecule has 4 N–H and O–H groups in total. The summed E-state index contributed by atoms with van der Waals surface area (Å²) in [5.41, 5.74) is 12.0. The normalized spacial score (nSPS) is 15.1. The van der Waals surface area contributed by atoms with Crippen LogP contribution in [-0.2, 0) is 11.3 Å². The summed E-state index contributed by atoms with van der Waals surface area (Å²) in [6.07, 6.45) is -3.89. The van der Waals surface area contributed by atoms with Gasteiger partial charge in [-0.15, -0.1) is 9.24 Å². The van der Waals surface area contributed by atoms with Gasteiger partial charge < -0.3 is 20.8 Å². The molecule has 0 saturated heterocycles. The molecule has 0 radical (unpaired) electrons. The Balaban J connectivity index is 2.04. The average Bonchev–Trinajstić information content (AvgIpc) is 2.69. The quantitative estimate of drug-likeness (QED) is 0.803. The van der Waals surface area contributed by atoms with E-state index in [1.54, 1.807) is 4.57 Å². The Morgan fingerprint density at radius 2 is 2.00 bits per heavy atom. The SMILES string of the molecule is CC(P)(CC(F)(F)F)OCCn1cnc2c(N)nc(N)nc21. The van der Waals surface area contributed by atoms with E-state index in [1.807, 2.05) is 0 Å². The fraction of sp³-hybridized carbons (Fsp3) is 0.545. The molecular formula is C11H16F3N6OP. The molecule has 0 aliphatic rings. The van der Waals surface area contributed by atoms with Gasteiger partial charge in [-0.3, -0.25) is 0 Å². The topological polar surface area (TPSA) is 105 Å². The van der Waals surface area contributed by atoms with Gasteiger partial charge in [-0.05, 0) is 6.92 Å². The van der Waals surface area contributed by atoms with Crippen molar-refractivity contribution in [1.82, 2.24) is 19.5 Å². The Hall–Kier alpha value is -1.67. The lowest BCUT2D eigenvalue weighted by Gasteiger charge is -2.26. The molecule has 11 heteroatoms. The van der Waals surface area contributed by atoms with Crippen LogP contribution in [-0.4, -0.2) is 37.6 Å². The third-order valence-electron chi connectivity index (χ3n) is 2.82. The highest BCUT2D eigenvalue weighted by Gasteiger charge is 2.37. The van der Waals surface area contributed by atoms with Crippen molar-refractivity contribution in [2.75, 3.05) is 18.1 Å². The molecule has 122 valence electrons. The molecule has 2 rings (SSSR count). The number of anilines is 2. The molecule has 7 nitrogen and oxygen atoms in total. The number of alkyl halides is 3. The maximum Gasteiger partial charge on any atom is 0.392 e. The van der Waals surface area contributed by atoms with Crippen molar-refractivity contribution in [3.8, 4) is 0 Å². The number of imidazole rings is 1. The molecule has 0 saturated carbocycles. The van der Waals surface area contributed by atoms with Crippen molar-refractivity contribution in [3.05, 3.63) is 6.33 Å². The van der Waals surface area contributed by atoms with Gasteiger partial charge in [0.1, 0.15) is 5.52 Å². The van der Waals surface area contributed by atoms with Crippen molar-refractivity contribution in [2.45, 2.75) is 31.4 Å². The van der Waals surface area contributed by atoms with E-state index in [-0.39, 0.29) is 24.9 Å². The van der Waals surface area contributed by atoms with Crippen LogP contribution in [0.15, 0.2) is 6.33 Å². The van der Waals surface area contributed by atoms with Crippen LogP contribution in [0, 0.1) is 0 Å². The van der Waals surface area contributed by atoms with Gasteiger partial charge in [0, 0.05) is 6.54 Å². The van der Waals surface area contributed by atoms with Crippen molar-refractivity contribution in [2.24, 2.45) is 0 Å². The molecule has 0 aliphatic carbocycles. The number of hydrogen-bond acceptors (Lipinski definition) is 6. The summed E-state index contributed by atoms with van der Waals surface area (Å²) in [5.74, 6) is 0.149. The summed E-state index contributed by atoms with van der Waals surface area (Å²) < 4.78 is 44.1. The van der Waals surface area contributed by atoms with Gasteiger partial charge in [0.05, 0.1) is 24.7 Å². The minimum absolute atomic E-state index is 0.000579. The summed E-state index contributed by atoms with van der Waals surface area (Å²) >= 11 is 0. The summed E-state index contributed by atoms with van der Waals surface area (Å²) in [7, 11) is 2.07. The zero-order valence-electron chi connectivity index (χ0n) is 11.8. The number of halogens is 3. The van der Waals surface area contributed by atoms with Crippen molar-refractivity contribution < 1.29 is 17.9 Å². The number of nitrogens with zero attached hydrogens (tertiary/aromatic N) is 4. The van der Waals surface area contributed by atoms with E-state index in [1.165, 1.54) is 13.3 Å². The highest BCUT2D eigenvalue weighted by molar-refractivity contribution is 7.18. The molecule has 0 aromatic carbocycles. The lowest BCUT2D eigenvalue weighted by molar-refractivity contribution is -0.165. The van der Waals surface area contributed by atoms with Crippen LogP contribution in [0.25, 0.3) is 11.2 Å². The number of nitrogen functional groups attached to an aromatic ring is 2. The Kier molecular flexibility index (Phi) is 4.44. The fourth-order valence-corrected chi connectivity index (χ4v) is 2.32. The Labute approximate surface area is 126 Å². The van der Waals surface area contributed by atoms with Crippen molar-refractivity contribution >= 4 is 32.2 Å². The molecule has 22 heavy (non-hydrogen) atoms. The molecule has 2 heterocycles. The predicted octanol–water partition coefficient (Wildman–Crippen LogP) is 1.55. The molecule has 0 bridgehead atoms. The Morgan fingerprint density at radius 1 is 1.32 bits per heavy atom. The van der Waals surface area contributed by atoms with Gasteiger partial charge >= 0.3 is 6.18 Å². The molecule has 2 atom stereocenters. The van der Waals surface area contributed by atoms with E-state index in [2.05, 4.69) is 24.2 Å². The molecule has 2 unspecified atom stereocenters. The molecule has 2 aromatic heterocycles. The number of fused-ring (bicyclic) bond motifs is 1. The number of ether oxygens (including phenoxy) is 1. The first-order valence-electron chi connectivity index (χ1n) is 6.31. The van der Waals surface area contributed by atoms with Crippen LogP contribution in [0.3, 0.4) is 0 Å². The lowest BCUT2D eigenvalue weighted by atomic mass is 10.2. The molecule has 2 aromatic rings. The second kappa shape index (κ2) is 5.85. The first-order chi connectivity index (χ1) is 10.1. The van der Waals surface area contributed by atoms with E-state index in [9.17, 15) is 13.2 Å². The summed E-state index contributed by atoms with van der Waals surface area (Å²) in [6, 6.07) is 0. The average molecular weight is 336 g/mol. The van der Waals surface area contributed by atoms with Gasteiger partial charge in [-0.25, -0.2) is 4.98 Å². The largest absolute Gasteiger partial charge is 0.392 e. The highest BCUT2D eigenvalue weighted by atomic mass is 31.0. The van der Waals surface area contributed by atoms with E-state index < -0.39 is 17.9 Å². The van der Waals surface area contributed by atoms with Crippen LogP contribution in [0.2, 0.25) is 0 Å². The van der Waals surface area contributed by atoms with Gasteiger partial charge in [-0.1, -0.05) is 0 Å². The Morgan fingerprint density at radius 3 is 2.64 bits per heavy atom. The van der Waals surface area contributed by atoms with Crippen LogP contribution in [0.5, 0.6) is 0 Å². The maximum absolute atomic E-state index is 12.4. The predicted molar refractivity (Wildman–Crippen MR) is 78.9 cm³/mol. The van der Waals surface area contributed by atoms with Gasteiger partial charge in [0.2, 0.25) is 5.95 Å². The summed E-state index contributed by atoms with van der Waals surface area (Å²) in [4.78, 5) is 11.9. The second-order valence-corrected chi connectivity index (χ2v) is 6.25. The van der Waals surface area contributed by atoms with E-state index >= 15 is 0 Å². The summed E-state index contributed by atoms with van der Waals surface area (Å²) in [5, 5.41) is -1.39. The minimum atomic E-state index is -4.30. The van der Waals surface area contributed by atoms with E-state index in [0.29, 0.717) is 11.2 Å². The van der Waals surface area contributed by atoms with Crippen LogP contribution >= 0.6 is 9.24 Å². The number of aromatic nitrogens is 4. The first-order valence-corrected chi connectivity index (χ1v) is 6.88. The molecular weight excluding hydrogens is 320 g/mol. The molecule has 0 amide bonds. The first kappa shape index (κ1) is 16.7. The third kappa shape index (κ3) is 4.17. The zero-order chi connectivity index (χ0) is 16.5. The molecule has 0 spiro atoms. The molecule has 0 fully saturated rings. The molecule has 0 aliphatic heterocycles. The van der Waals surface area contributed by atoms with E-state index in [0.717, 1.165) is 0 Å². The second-order valence-electron chi connectivity index (χ2n) is 5.03. The maximum atomic E-state index is 12.4. The van der Waals surface area contributed by atoms with Crippen LogP contribution in [0.1, 0.15) is 13.3 Å². The number of rotatable bonds is 5. The zero-order valence-corrected chi connectivity index (χ0v) is 12.9. The Bertz CT molecular complexity index is 672. The number of nitrogens with two attached hydrogens (primary N) is 2. The third-order valence-corrected chi connectivity index (χ3v) is 3.19. The van der Waals surface area contributed by atoms with E-state index in [4.69, 9.17) is 16.2 Å². The van der Waals surface area contributed by atoms with Crippen molar-refractivity contribution in [3.63, 3.8) is 0 Å². The minimum Gasteiger partial charge on any atom is -0.382 e. The van der Waals surface area contributed by atoms with Crippen LogP contribution in [0.4, 0.5) is 24.9 Å². The van der Waals surface area contributed by atoms with Crippen LogP contribution < -0.4 is 11.5 Å². The van der Waals surface area contributed by atoms with Crippen molar-refractivity contribution in [1.29, 1.82) is 0 Å². The van der Waals surface area contributed by atoms with Gasteiger partial charge in [-0.2, -0.15) is 23.1 Å². The standard InChI is InChI=1S/C11H16F3N6OP/c1-10(22,4-11(12,13)14)21-3-2-20-5-17-6-7(15)18-9(16)19-8(6)20/h5H,2-4,22H2,1H3,(H4,15,16,18,19). The fourth-order valence-electron chi connectivity index (χ4n) is 1.97. The van der Waals surface area contributed by atoms with Gasteiger partial charge in [0.15, 0.2) is 11.5 Å². The highest BCUT2D eigenvalue weighted by Crippen LogP contribution is 2.34. The monoisotopic (exact) mass is 336 g/mol. The summed E-state index contributed by atoms with van der Waals surface area (Å²) in [6.45, 7) is 1.66.